The van der Waals surface area contributed by atoms with Gasteiger partial charge in [-0.2, -0.15) is 0 Å². The summed E-state index contributed by atoms with van der Waals surface area (Å²) in [6.07, 6.45) is 1.90. The largest absolute Gasteiger partial charge is 0.653 e. The lowest BCUT2D eigenvalue weighted by atomic mass is 10.2. The molecule has 0 bridgehead atoms. The highest BCUT2D eigenvalue weighted by Gasteiger charge is 2.09. The van der Waals surface area contributed by atoms with Crippen molar-refractivity contribution in [3.8, 4) is 5.75 Å². The van der Waals surface area contributed by atoms with E-state index in [4.69, 9.17) is 3.79 Å². The smallest absolute Gasteiger partial charge is 0.482 e. The molecule has 76 valence electrons. The van der Waals surface area contributed by atoms with Crippen LogP contribution in [0.2, 0.25) is 0 Å². The van der Waals surface area contributed by atoms with E-state index in [2.05, 4.69) is 40.7 Å². The lowest BCUT2D eigenvalue weighted by molar-refractivity contribution is 0.624. The number of rotatable bonds is 1. The number of thiophene rings is 1. The standard InChI is InChI=1S/C12H9NOS.Al/c1-7-5-10-12(13-6-7)11-8(14)3-2-4-9(11)15-10;/h2-6,14H,1H3;/q;+1/p-1. The predicted octanol–water partition coefficient (Wildman–Crippen LogP) is 3.22. The molecule has 0 unspecified atom stereocenters. The van der Waals surface area contributed by atoms with E-state index >= 15 is 0 Å². The van der Waals surface area contributed by atoms with Crippen molar-refractivity contribution < 1.29 is 3.79 Å². The maximum Gasteiger partial charge on any atom is 0.482 e. The Bertz CT molecular complexity index is 677. The van der Waals surface area contributed by atoms with Gasteiger partial charge in [-0.25, -0.2) is 0 Å². The first-order valence-electron chi connectivity index (χ1n) is 4.94. The van der Waals surface area contributed by atoms with Crippen LogP contribution in [0, 0.1) is 6.92 Å². The van der Waals surface area contributed by atoms with Gasteiger partial charge in [0.15, 0.2) is 0 Å². The van der Waals surface area contributed by atoms with E-state index in [-0.39, 0.29) is 0 Å². The van der Waals surface area contributed by atoms with Crippen LogP contribution in [0.5, 0.6) is 5.75 Å². The van der Waals surface area contributed by atoms with Gasteiger partial charge in [-0.1, -0.05) is 6.07 Å². The molecule has 2 aromatic heterocycles. The fourth-order valence-corrected chi connectivity index (χ4v) is 3.23. The average Bonchev–Trinajstić information content (AvgIpc) is 2.65. The summed E-state index contributed by atoms with van der Waals surface area (Å²) < 4.78 is 7.74. The van der Waals surface area contributed by atoms with E-state index in [9.17, 15) is 0 Å². The van der Waals surface area contributed by atoms with Crippen molar-refractivity contribution in [1.29, 1.82) is 0 Å². The van der Waals surface area contributed by atoms with Gasteiger partial charge in [0.05, 0.1) is 21.4 Å². The number of aryl methyl sites for hydroxylation is 1. The third-order valence-electron chi connectivity index (χ3n) is 2.56. The first-order valence-corrected chi connectivity index (χ1v) is 6.23. The Kier molecular flexibility index (Phi) is 2.36. The van der Waals surface area contributed by atoms with Crippen molar-refractivity contribution in [3.05, 3.63) is 36.0 Å². The highest BCUT2D eigenvalue weighted by atomic mass is 32.1. The number of fused-ring (bicyclic) bond motifs is 3. The van der Waals surface area contributed by atoms with E-state index in [1.807, 2.05) is 18.3 Å². The van der Waals surface area contributed by atoms with E-state index in [1.54, 1.807) is 11.3 Å². The summed E-state index contributed by atoms with van der Waals surface area (Å²) in [7, 11) is 0. The first-order chi connectivity index (χ1) is 7.79. The molecule has 4 heteroatoms. The quantitative estimate of drug-likeness (QED) is 0.610. The van der Waals surface area contributed by atoms with Crippen molar-refractivity contribution in [1.82, 2.24) is 4.98 Å². The Hall–Kier alpha value is -1.08. The molecule has 0 N–H and O–H groups in total. The van der Waals surface area contributed by atoms with Gasteiger partial charge < -0.3 is 3.79 Å². The summed E-state index contributed by atoms with van der Waals surface area (Å²) in [5.41, 5.74) is 2.22. The maximum atomic E-state index is 5.31. The molecule has 0 aliphatic heterocycles. The SMILES string of the molecule is Cc1cnc2c(c1)sc1cccc([O][Al])c12. The monoisotopic (exact) mass is 241 g/mol. The van der Waals surface area contributed by atoms with E-state index in [1.165, 1.54) is 15.0 Å². The zero-order valence-corrected chi connectivity index (χ0v) is 10.7. The number of hydrogen-bond donors (Lipinski definition) is 0. The number of nitrogens with zero attached hydrogens (tertiary/aromatic N) is 1. The number of pyridine rings is 1. The molecule has 0 saturated heterocycles. The molecule has 2 radical (unpaired) electrons. The van der Waals surface area contributed by atoms with Gasteiger partial charge in [0.2, 0.25) is 0 Å². The minimum Gasteiger partial charge on any atom is -0.653 e. The maximum absolute atomic E-state index is 5.31. The lowest BCUT2D eigenvalue weighted by Crippen LogP contribution is -1.85. The molecule has 16 heavy (non-hydrogen) atoms. The average molecular weight is 241 g/mol. The van der Waals surface area contributed by atoms with Gasteiger partial charge in [0, 0.05) is 10.9 Å². The zero-order valence-electron chi connectivity index (χ0n) is 8.73. The van der Waals surface area contributed by atoms with Crippen LogP contribution in [0.15, 0.2) is 30.5 Å². The second-order valence-electron chi connectivity index (χ2n) is 3.71. The molecule has 2 heterocycles. The molecule has 0 saturated carbocycles. The normalized spacial score (nSPS) is 11.1. The van der Waals surface area contributed by atoms with Gasteiger partial charge in [-0.3, -0.25) is 4.98 Å². The lowest BCUT2D eigenvalue weighted by Gasteiger charge is -2.03. The zero-order chi connectivity index (χ0) is 11.1. The summed E-state index contributed by atoms with van der Waals surface area (Å²) >= 11 is 4.05. The summed E-state index contributed by atoms with van der Waals surface area (Å²) in [6, 6.07) is 8.23. The third kappa shape index (κ3) is 1.42. The summed E-state index contributed by atoms with van der Waals surface area (Å²) in [5, 5.41) is 1.11. The minimum absolute atomic E-state index is 0.866. The van der Waals surface area contributed by atoms with Gasteiger partial charge >= 0.3 is 16.6 Å². The Morgan fingerprint density at radius 3 is 3.00 bits per heavy atom. The number of benzene rings is 1. The van der Waals surface area contributed by atoms with Crippen molar-refractivity contribution in [3.63, 3.8) is 0 Å². The van der Waals surface area contributed by atoms with Crippen LogP contribution >= 0.6 is 11.3 Å². The third-order valence-corrected chi connectivity index (χ3v) is 3.91. The summed E-state index contributed by atoms with van der Waals surface area (Å²) in [6.45, 7) is 2.06. The molecule has 0 amide bonds. The van der Waals surface area contributed by atoms with Crippen LogP contribution in [0.1, 0.15) is 5.56 Å². The molecule has 0 spiro atoms. The van der Waals surface area contributed by atoms with Crippen molar-refractivity contribution in [2.75, 3.05) is 0 Å². The second-order valence-corrected chi connectivity index (χ2v) is 5.03. The molecular weight excluding hydrogens is 233 g/mol. The predicted molar refractivity (Wildman–Crippen MR) is 68.2 cm³/mol. The Labute approximate surface area is 106 Å². The van der Waals surface area contributed by atoms with Crippen molar-refractivity contribution in [2.45, 2.75) is 6.92 Å². The fraction of sp³-hybridized carbons (Fsp3) is 0.0833. The number of hydrogen-bond acceptors (Lipinski definition) is 3. The van der Waals surface area contributed by atoms with E-state index in [0.717, 1.165) is 16.7 Å². The van der Waals surface area contributed by atoms with E-state index in [0.29, 0.717) is 0 Å². The van der Waals surface area contributed by atoms with Gasteiger partial charge in [-0.05, 0) is 30.7 Å². The Balaban J connectivity index is 2.52. The minimum atomic E-state index is 0.866. The van der Waals surface area contributed by atoms with Gasteiger partial charge in [-0.15, -0.1) is 11.3 Å². The molecule has 3 aromatic rings. The topological polar surface area (TPSA) is 22.1 Å². The van der Waals surface area contributed by atoms with Crippen LogP contribution < -0.4 is 3.79 Å². The molecule has 3 rings (SSSR count). The molecule has 0 atom stereocenters. The van der Waals surface area contributed by atoms with Crippen LogP contribution in [0.25, 0.3) is 20.3 Å². The first kappa shape index (κ1) is 10.1. The highest BCUT2D eigenvalue weighted by molar-refractivity contribution is 7.25. The molecular formula is C12H8AlNOS. The van der Waals surface area contributed by atoms with Crippen LogP contribution in [0.3, 0.4) is 0 Å². The van der Waals surface area contributed by atoms with Gasteiger partial charge in [0.25, 0.3) is 0 Å². The molecule has 0 aliphatic carbocycles. The number of aromatic nitrogens is 1. The molecule has 0 aliphatic rings. The Morgan fingerprint density at radius 1 is 1.31 bits per heavy atom. The second kappa shape index (κ2) is 3.74. The summed E-state index contributed by atoms with van der Waals surface area (Å²) in [5.74, 6) is 0.866. The van der Waals surface area contributed by atoms with Gasteiger partial charge in [0.1, 0.15) is 0 Å². The molecule has 0 fully saturated rings. The van der Waals surface area contributed by atoms with E-state index < -0.39 is 0 Å². The molecule has 1 aromatic carbocycles. The highest BCUT2D eigenvalue weighted by Crippen LogP contribution is 2.38. The molecule has 2 nitrogen and oxygen atoms in total. The Morgan fingerprint density at radius 2 is 2.19 bits per heavy atom. The van der Waals surface area contributed by atoms with Crippen molar-refractivity contribution >= 4 is 48.3 Å². The van der Waals surface area contributed by atoms with Crippen LogP contribution in [-0.2, 0) is 0 Å². The summed E-state index contributed by atoms with van der Waals surface area (Å²) in [4.78, 5) is 4.50. The van der Waals surface area contributed by atoms with Crippen LogP contribution in [0.4, 0.5) is 0 Å². The fourth-order valence-electron chi connectivity index (χ4n) is 1.85. The van der Waals surface area contributed by atoms with Crippen LogP contribution in [-0.4, -0.2) is 21.6 Å². The van der Waals surface area contributed by atoms with Crippen molar-refractivity contribution in [2.24, 2.45) is 0 Å².